The fraction of sp³-hybridized carbons (Fsp3) is 0. The minimum absolute atomic E-state index is 0.892. The normalized spacial score (nSPS) is 11.5. The molecule has 2 nitrogen and oxygen atoms in total. The molecule has 0 saturated heterocycles. The van der Waals surface area contributed by atoms with E-state index in [1.807, 2.05) is 6.07 Å². The maximum absolute atomic E-state index is 6.38. The van der Waals surface area contributed by atoms with E-state index in [0.29, 0.717) is 0 Å². The van der Waals surface area contributed by atoms with Crippen LogP contribution in [0.1, 0.15) is 0 Å². The lowest BCUT2D eigenvalue weighted by atomic mass is 9.91. The van der Waals surface area contributed by atoms with Crippen molar-refractivity contribution in [3.63, 3.8) is 0 Å². The molecule has 0 fully saturated rings. The number of para-hydroxylation sites is 2. The van der Waals surface area contributed by atoms with Crippen LogP contribution in [-0.2, 0) is 0 Å². The lowest BCUT2D eigenvalue weighted by molar-refractivity contribution is 0.669. The summed E-state index contributed by atoms with van der Waals surface area (Å²) >= 11 is 0. The summed E-state index contributed by atoms with van der Waals surface area (Å²) in [4.78, 5) is 0. The Morgan fingerprint density at radius 1 is 0.258 bits per heavy atom. The standard InChI is InChI=1S/C60H39NO/c1-3-18-40(19-4-1)44-22-7-9-24-46(44)42-34-36-56-53(38-42)54-39-43(47-25-10-8-23-45(47)41-20-5-2-6-21-41)35-37-57(54)61(56)55-31-15-13-28-50(55)48-26-11-12-27-49(48)51-30-17-33-59-60(51)52-29-14-16-32-58(52)62-59/h1-39H. The third-order valence-corrected chi connectivity index (χ3v) is 12.5. The van der Waals surface area contributed by atoms with Gasteiger partial charge in [-0.15, -0.1) is 0 Å². The van der Waals surface area contributed by atoms with E-state index >= 15 is 0 Å². The van der Waals surface area contributed by atoms with Crippen LogP contribution in [0.5, 0.6) is 0 Å². The Hall–Kier alpha value is -8.20. The van der Waals surface area contributed by atoms with Crippen molar-refractivity contribution in [2.24, 2.45) is 0 Å². The van der Waals surface area contributed by atoms with Crippen LogP contribution in [0, 0.1) is 0 Å². The van der Waals surface area contributed by atoms with Crippen LogP contribution < -0.4 is 0 Å². The van der Waals surface area contributed by atoms with Gasteiger partial charge >= 0.3 is 0 Å². The van der Waals surface area contributed by atoms with Crippen molar-refractivity contribution in [3.8, 4) is 72.4 Å². The SMILES string of the molecule is c1ccc(-c2ccccc2-c2ccc3c(c2)c2cc(-c4ccccc4-c4ccccc4)ccc2n3-c2ccccc2-c2ccccc2-c2cccc3oc4ccccc4c23)cc1. The highest BCUT2D eigenvalue weighted by Crippen LogP contribution is 2.45. The van der Waals surface area contributed by atoms with Gasteiger partial charge in [-0.05, 0) is 104 Å². The van der Waals surface area contributed by atoms with Gasteiger partial charge in [-0.1, -0.05) is 194 Å². The van der Waals surface area contributed by atoms with E-state index in [1.165, 1.54) is 55.3 Å². The van der Waals surface area contributed by atoms with Crippen molar-refractivity contribution in [3.05, 3.63) is 237 Å². The molecule has 62 heavy (non-hydrogen) atoms. The second-order valence-electron chi connectivity index (χ2n) is 16.0. The zero-order valence-electron chi connectivity index (χ0n) is 33.9. The number of hydrogen-bond donors (Lipinski definition) is 0. The second kappa shape index (κ2) is 14.8. The smallest absolute Gasteiger partial charge is 0.136 e. The first kappa shape index (κ1) is 35.7. The molecule has 2 heterocycles. The van der Waals surface area contributed by atoms with Gasteiger partial charge in [0.2, 0.25) is 0 Å². The highest BCUT2D eigenvalue weighted by Gasteiger charge is 2.21. The minimum Gasteiger partial charge on any atom is -0.456 e. The van der Waals surface area contributed by atoms with Crippen LogP contribution in [0.25, 0.3) is 116 Å². The fourth-order valence-corrected chi connectivity index (χ4v) is 9.67. The van der Waals surface area contributed by atoms with Gasteiger partial charge in [0.1, 0.15) is 11.2 Å². The summed E-state index contributed by atoms with van der Waals surface area (Å²) in [6.07, 6.45) is 0. The Morgan fingerprint density at radius 3 is 1.26 bits per heavy atom. The number of benzene rings is 10. The molecule has 2 heteroatoms. The van der Waals surface area contributed by atoms with Crippen LogP contribution in [0.2, 0.25) is 0 Å². The summed E-state index contributed by atoms with van der Waals surface area (Å²) in [7, 11) is 0. The molecule has 0 saturated carbocycles. The monoisotopic (exact) mass is 789 g/mol. The lowest BCUT2D eigenvalue weighted by Crippen LogP contribution is -1.98. The predicted molar refractivity (Wildman–Crippen MR) is 261 cm³/mol. The van der Waals surface area contributed by atoms with E-state index in [0.717, 1.165) is 60.9 Å². The van der Waals surface area contributed by atoms with Crippen molar-refractivity contribution in [2.75, 3.05) is 0 Å². The van der Waals surface area contributed by atoms with E-state index in [9.17, 15) is 0 Å². The van der Waals surface area contributed by atoms with E-state index in [-0.39, 0.29) is 0 Å². The molecule has 2 aromatic heterocycles. The molecule has 0 aliphatic heterocycles. The summed E-state index contributed by atoms with van der Waals surface area (Å²) in [5.41, 5.74) is 19.5. The topological polar surface area (TPSA) is 18.1 Å². The quantitative estimate of drug-likeness (QED) is 0.157. The number of hydrogen-bond acceptors (Lipinski definition) is 1. The van der Waals surface area contributed by atoms with E-state index < -0.39 is 0 Å². The largest absolute Gasteiger partial charge is 0.456 e. The highest BCUT2D eigenvalue weighted by atomic mass is 16.3. The van der Waals surface area contributed by atoms with Crippen molar-refractivity contribution >= 4 is 43.7 Å². The Bertz CT molecular complexity index is 3490. The van der Waals surface area contributed by atoms with Crippen LogP contribution in [0.4, 0.5) is 0 Å². The maximum Gasteiger partial charge on any atom is 0.136 e. The highest BCUT2D eigenvalue weighted by molar-refractivity contribution is 6.15. The lowest BCUT2D eigenvalue weighted by Gasteiger charge is -2.17. The molecule has 12 aromatic rings. The molecule has 0 radical (unpaired) electrons. The predicted octanol–water partition coefficient (Wildman–Crippen LogP) is 16.7. The molecule has 0 amide bonds. The molecule has 10 aromatic carbocycles. The van der Waals surface area contributed by atoms with Gasteiger partial charge in [0.15, 0.2) is 0 Å². The van der Waals surface area contributed by atoms with Gasteiger partial charge < -0.3 is 8.98 Å². The minimum atomic E-state index is 0.892. The van der Waals surface area contributed by atoms with E-state index in [4.69, 9.17) is 4.42 Å². The molecule has 0 N–H and O–H groups in total. The third kappa shape index (κ3) is 5.88. The molecule has 0 bridgehead atoms. The average molecular weight is 790 g/mol. The van der Waals surface area contributed by atoms with Crippen LogP contribution in [0.15, 0.2) is 241 Å². The molecular formula is C60H39NO. The Kier molecular flexibility index (Phi) is 8.53. The molecule has 0 aliphatic rings. The average Bonchev–Trinajstić information content (AvgIpc) is 3.90. The summed E-state index contributed by atoms with van der Waals surface area (Å²) in [5, 5.41) is 4.67. The molecule has 290 valence electrons. The third-order valence-electron chi connectivity index (χ3n) is 12.5. The van der Waals surface area contributed by atoms with Crippen molar-refractivity contribution in [1.29, 1.82) is 0 Å². The van der Waals surface area contributed by atoms with Crippen molar-refractivity contribution < 1.29 is 4.42 Å². The Morgan fingerprint density at radius 2 is 0.677 bits per heavy atom. The summed E-state index contributed by atoms with van der Waals surface area (Å²) in [6.45, 7) is 0. The number of furan rings is 1. The molecule has 0 aliphatic carbocycles. The summed E-state index contributed by atoms with van der Waals surface area (Å²) in [6, 6.07) is 85.5. The van der Waals surface area contributed by atoms with E-state index in [1.54, 1.807) is 0 Å². The first-order chi connectivity index (χ1) is 30.8. The van der Waals surface area contributed by atoms with Crippen LogP contribution >= 0.6 is 0 Å². The maximum atomic E-state index is 6.38. The van der Waals surface area contributed by atoms with Gasteiger partial charge in [0.05, 0.1) is 16.7 Å². The van der Waals surface area contributed by atoms with Gasteiger partial charge in [0, 0.05) is 27.1 Å². The van der Waals surface area contributed by atoms with Crippen LogP contribution in [-0.4, -0.2) is 4.57 Å². The summed E-state index contributed by atoms with van der Waals surface area (Å²) in [5.74, 6) is 0. The second-order valence-corrected chi connectivity index (χ2v) is 16.0. The number of fused-ring (bicyclic) bond motifs is 6. The van der Waals surface area contributed by atoms with Crippen LogP contribution in [0.3, 0.4) is 0 Å². The molecule has 0 atom stereocenters. The van der Waals surface area contributed by atoms with Crippen molar-refractivity contribution in [2.45, 2.75) is 0 Å². The number of rotatable bonds is 7. The Labute approximate surface area is 360 Å². The molecule has 12 rings (SSSR count). The Balaban J connectivity index is 1.11. The first-order valence-corrected chi connectivity index (χ1v) is 21.3. The van der Waals surface area contributed by atoms with E-state index in [2.05, 4.69) is 235 Å². The zero-order valence-corrected chi connectivity index (χ0v) is 33.9. The fourth-order valence-electron chi connectivity index (χ4n) is 9.67. The first-order valence-electron chi connectivity index (χ1n) is 21.3. The van der Waals surface area contributed by atoms with Gasteiger partial charge in [0.25, 0.3) is 0 Å². The number of aromatic nitrogens is 1. The molecular weight excluding hydrogens is 751 g/mol. The molecule has 0 spiro atoms. The number of nitrogens with zero attached hydrogens (tertiary/aromatic N) is 1. The van der Waals surface area contributed by atoms with Gasteiger partial charge in [-0.2, -0.15) is 0 Å². The van der Waals surface area contributed by atoms with Crippen molar-refractivity contribution in [1.82, 2.24) is 4.57 Å². The van der Waals surface area contributed by atoms with Gasteiger partial charge in [-0.3, -0.25) is 0 Å². The van der Waals surface area contributed by atoms with Gasteiger partial charge in [-0.25, -0.2) is 0 Å². The molecule has 0 unspecified atom stereocenters. The summed E-state index contributed by atoms with van der Waals surface area (Å²) < 4.78 is 8.86. The zero-order chi connectivity index (χ0) is 41.0.